The minimum atomic E-state index is -0.294. The highest BCUT2D eigenvalue weighted by atomic mass is 32.2. The molecule has 22 heavy (non-hydrogen) atoms. The largest absolute Gasteiger partial charge is 0.379 e. The summed E-state index contributed by atoms with van der Waals surface area (Å²) in [7, 11) is 0. The van der Waals surface area contributed by atoms with Gasteiger partial charge < -0.3 is 4.74 Å². The molecule has 4 nitrogen and oxygen atoms in total. The van der Waals surface area contributed by atoms with E-state index in [0.717, 1.165) is 18.7 Å². The highest BCUT2D eigenvalue weighted by Gasteiger charge is 2.33. The highest BCUT2D eigenvalue weighted by molar-refractivity contribution is 8.26. The van der Waals surface area contributed by atoms with E-state index in [4.69, 9.17) is 17.0 Å². The molecule has 2 fully saturated rings. The molecule has 1 aromatic rings. The van der Waals surface area contributed by atoms with E-state index in [1.807, 2.05) is 0 Å². The summed E-state index contributed by atoms with van der Waals surface area (Å²) in [6, 6.07) is 6.04. The van der Waals surface area contributed by atoms with Crippen molar-refractivity contribution in [2.75, 3.05) is 33.0 Å². The average Bonchev–Trinajstić information content (AvgIpc) is 2.78. The zero-order valence-corrected chi connectivity index (χ0v) is 13.5. The van der Waals surface area contributed by atoms with Crippen LogP contribution < -0.4 is 0 Å². The minimum Gasteiger partial charge on any atom is -0.379 e. The summed E-state index contributed by atoms with van der Waals surface area (Å²) >= 11 is 6.60. The fraction of sp³-hybridized carbons (Fsp3) is 0.333. The van der Waals surface area contributed by atoms with Gasteiger partial charge in [0.25, 0.3) is 5.91 Å². The van der Waals surface area contributed by atoms with Crippen molar-refractivity contribution in [2.24, 2.45) is 0 Å². The second kappa shape index (κ2) is 6.87. The van der Waals surface area contributed by atoms with Gasteiger partial charge >= 0.3 is 0 Å². The first kappa shape index (κ1) is 15.6. The lowest BCUT2D eigenvalue weighted by Gasteiger charge is -2.29. The Labute approximate surface area is 137 Å². The summed E-state index contributed by atoms with van der Waals surface area (Å²) in [5.41, 5.74) is 0.785. The summed E-state index contributed by atoms with van der Waals surface area (Å²) in [4.78, 5) is 16.8. The Bertz CT molecular complexity index is 612. The van der Waals surface area contributed by atoms with Crippen molar-refractivity contribution < 1.29 is 13.9 Å². The molecule has 0 unspecified atom stereocenters. The molecule has 2 heterocycles. The van der Waals surface area contributed by atoms with Crippen LogP contribution in [-0.4, -0.2) is 53.0 Å². The highest BCUT2D eigenvalue weighted by Crippen LogP contribution is 2.32. The van der Waals surface area contributed by atoms with E-state index in [9.17, 15) is 9.18 Å². The lowest BCUT2D eigenvalue weighted by atomic mass is 10.2. The van der Waals surface area contributed by atoms with E-state index in [-0.39, 0.29) is 11.7 Å². The van der Waals surface area contributed by atoms with Gasteiger partial charge in [-0.15, -0.1) is 0 Å². The number of carbonyl (C=O) groups excluding carboxylic acids is 1. The number of hydrogen-bond donors (Lipinski definition) is 0. The van der Waals surface area contributed by atoms with Gasteiger partial charge in [-0.25, -0.2) is 4.39 Å². The third kappa shape index (κ3) is 3.55. The number of morpholine rings is 1. The normalized spacial score (nSPS) is 21.9. The molecule has 0 radical (unpaired) electrons. The molecule has 2 saturated heterocycles. The standard InChI is InChI=1S/C15H15FN2O2S2/c16-12-3-1-11(2-4-12)9-13-14(19)18(15(21)22-13)10-17-5-7-20-8-6-17/h1-4,9H,5-8,10H2/b13-9-. The molecule has 1 amide bonds. The van der Waals surface area contributed by atoms with Gasteiger partial charge in [-0.05, 0) is 23.8 Å². The monoisotopic (exact) mass is 338 g/mol. The van der Waals surface area contributed by atoms with Crippen molar-refractivity contribution in [2.45, 2.75) is 0 Å². The van der Waals surface area contributed by atoms with Crippen LogP contribution in [0.1, 0.15) is 5.56 Å². The van der Waals surface area contributed by atoms with Crippen LogP contribution in [0.3, 0.4) is 0 Å². The first-order valence-corrected chi connectivity index (χ1v) is 8.17. The summed E-state index contributed by atoms with van der Waals surface area (Å²) in [6.45, 7) is 3.46. The molecule has 0 atom stereocenters. The number of halogens is 1. The second-order valence-corrected chi connectivity index (χ2v) is 6.71. The SMILES string of the molecule is O=C1/C(=C/c2ccc(F)cc2)SC(=S)N1CN1CCOCC1. The summed E-state index contributed by atoms with van der Waals surface area (Å²) in [6.07, 6.45) is 1.75. The molecule has 1 aromatic carbocycles. The van der Waals surface area contributed by atoms with Crippen LogP contribution >= 0.6 is 24.0 Å². The molecule has 2 aliphatic heterocycles. The first-order valence-electron chi connectivity index (χ1n) is 6.94. The van der Waals surface area contributed by atoms with Gasteiger partial charge in [-0.2, -0.15) is 0 Å². The number of nitrogens with zero attached hydrogens (tertiary/aromatic N) is 2. The lowest BCUT2D eigenvalue weighted by Crippen LogP contribution is -2.45. The molecule has 0 saturated carbocycles. The zero-order valence-electron chi connectivity index (χ0n) is 11.8. The van der Waals surface area contributed by atoms with Gasteiger partial charge in [0.05, 0.1) is 24.8 Å². The molecule has 0 aliphatic carbocycles. The van der Waals surface area contributed by atoms with Gasteiger partial charge in [0.1, 0.15) is 10.1 Å². The minimum absolute atomic E-state index is 0.0918. The lowest BCUT2D eigenvalue weighted by molar-refractivity contribution is -0.124. The van der Waals surface area contributed by atoms with Crippen molar-refractivity contribution in [1.29, 1.82) is 0 Å². The molecule has 0 N–H and O–H groups in total. The van der Waals surface area contributed by atoms with E-state index in [2.05, 4.69) is 4.90 Å². The number of amides is 1. The Morgan fingerprint density at radius 3 is 2.64 bits per heavy atom. The zero-order chi connectivity index (χ0) is 15.5. The smallest absolute Gasteiger partial charge is 0.267 e. The predicted octanol–water partition coefficient (Wildman–Crippen LogP) is 2.32. The van der Waals surface area contributed by atoms with E-state index in [0.29, 0.717) is 29.1 Å². The van der Waals surface area contributed by atoms with E-state index >= 15 is 0 Å². The Morgan fingerprint density at radius 2 is 1.95 bits per heavy atom. The molecule has 3 rings (SSSR count). The van der Waals surface area contributed by atoms with Gasteiger partial charge in [0, 0.05) is 13.1 Å². The average molecular weight is 338 g/mol. The van der Waals surface area contributed by atoms with E-state index < -0.39 is 0 Å². The molecule has 0 bridgehead atoms. The van der Waals surface area contributed by atoms with E-state index in [1.165, 1.54) is 23.9 Å². The maximum atomic E-state index is 12.9. The first-order chi connectivity index (χ1) is 10.6. The molecule has 0 spiro atoms. The fourth-order valence-electron chi connectivity index (χ4n) is 2.27. The number of carbonyl (C=O) groups is 1. The van der Waals surface area contributed by atoms with Crippen LogP contribution in [0.4, 0.5) is 4.39 Å². The number of benzene rings is 1. The molecular weight excluding hydrogens is 323 g/mol. The van der Waals surface area contributed by atoms with Crippen molar-refractivity contribution in [3.63, 3.8) is 0 Å². The maximum absolute atomic E-state index is 12.9. The number of thioether (sulfide) groups is 1. The quantitative estimate of drug-likeness (QED) is 0.624. The number of ether oxygens (including phenoxy) is 1. The van der Waals surface area contributed by atoms with Crippen molar-refractivity contribution in [3.8, 4) is 0 Å². The maximum Gasteiger partial charge on any atom is 0.267 e. The van der Waals surface area contributed by atoms with Crippen LogP contribution in [0.15, 0.2) is 29.2 Å². The summed E-state index contributed by atoms with van der Waals surface area (Å²) in [5.74, 6) is -0.386. The molecule has 116 valence electrons. The Hall–Kier alpha value is -1.28. The van der Waals surface area contributed by atoms with Gasteiger partial charge in [0.2, 0.25) is 0 Å². The van der Waals surface area contributed by atoms with Crippen molar-refractivity contribution in [1.82, 2.24) is 9.80 Å². The van der Waals surface area contributed by atoms with Gasteiger partial charge in [-0.3, -0.25) is 14.6 Å². The van der Waals surface area contributed by atoms with Crippen molar-refractivity contribution in [3.05, 3.63) is 40.6 Å². The number of hydrogen-bond acceptors (Lipinski definition) is 5. The predicted molar refractivity (Wildman–Crippen MR) is 88.7 cm³/mol. The van der Waals surface area contributed by atoms with Crippen LogP contribution in [0.25, 0.3) is 6.08 Å². The Kier molecular flexibility index (Phi) is 4.87. The van der Waals surface area contributed by atoms with Crippen molar-refractivity contribution >= 4 is 40.3 Å². The summed E-state index contributed by atoms with van der Waals surface area (Å²) in [5, 5.41) is 0. The third-order valence-corrected chi connectivity index (χ3v) is 4.86. The van der Waals surface area contributed by atoms with Gasteiger partial charge in [0.15, 0.2) is 0 Å². The summed E-state index contributed by atoms with van der Waals surface area (Å²) < 4.78 is 18.8. The Balaban J connectivity index is 1.71. The number of rotatable bonds is 3. The Morgan fingerprint density at radius 1 is 1.27 bits per heavy atom. The molecule has 7 heteroatoms. The van der Waals surface area contributed by atoms with Crippen LogP contribution in [0, 0.1) is 5.82 Å². The third-order valence-electron chi connectivity index (χ3n) is 3.49. The second-order valence-electron chi connectivity index (χ2n) is 5.03. The van der Waals surface area contributed by atoms with Gasteiger partial charge in [-0.1, -0.05) is 36.1 Å². The van der Waals surface area contributed by atoms with E-state index in [1.54, 1.807) is 23.1 Å². The topological polar surface area (TPSA) is 32.8 Å². The van der Waals surface area contributed by atoms with Crippen LogP contribution in [0.5, 0.6) is 0 Å². The molecule has 2 aliphatic rings. The van der Waals surface area contributed by atoms with Crippen LogP contribution in [-0.2, 0) is 9.53 Å². The number of thiocarbonyl (C=S) groups is 1. The molecular formula is C15H15FN2O2S2. The van der Waals surface area contributed by atoms with Crippen LogP contribution in [0.2, 0.25) is 0 Å². The molecule has 0 aromatic heterocycles. The fourth-order valence-corrected chi connectivity index (χ4v) is 3.52.